The highest BCUT2D eigenvalue weighted by atomic mass is 16.5. The Hall–Kier alpha value is -5.72. The second kappa shape index (κ2) is 17.3. The molecule has 0 aliphatic carbocycles. The van der Waals surface area contributed by atoms with Gasteiger partial charge in [-0.1, -0.05) is 35.5 Å². The van der Waals surface area contributed by atoms with Gasteiger partial charge in [0, 0.05) is 56.0 Å². The number of benzene rings is 2. The number of nitrogens with one attached hydrogen (secondary N) is 1. The highest BCUT2D eigenvalue weighted by molar-refractivity contribution is 5.98. The molecule has 2 atom stereocenters. The number of methoxy groups -OCH3 is 1. The number of hydrogen-bond acceptors (Lipinski definition) is 11. The molecule has 2 aromatic heterocycles. The van der Waals surface area contributed by atoms with Crippen molar-refractivity contribution in [1.82, 2.24) is 20.0 Å². The third-order valence-corrected chi connectivity index (χ3v) is 8.69. The van der Waals surface area contributed by atoms with Gasteiger partial charge in [0.1, 0.15) is 35.1 Å². The Bertz CT molecular complexity index is 1930. The van der Waals surface area contributed by atoms with Crippen molar-refractivity contribution in [2.24, 2.45) is 0 Å². The first-order valence-corrected chi connectivity index (χ1v) is 17.0. The number of carbonyl (C=O) groups excluding carboxylic acids is 3. The molecule has 0 spiro atoms. The molecule has 0 saturated heterocycles. The van der Waals surface area contributed by atoms with Crippen LogP contribution < -0.4 is 15.6 Å². The number of aromatic hydroxyl groups is 2. The number of phenols is 2. The summed E-state index contributed by atoms with van der Waals surface area (Å²) in [5, 5.41) is 29.9. The number of phenolic OH excluding ortho intramolecular Hbond substituents is 2. The van der Waals surface area contributed by atoms with Gasteiger partial charge in [0.2, 0.25) is 11.8 Å². The summed E-state index contributed by atoms with van der Waals surface area (Å²) >= 11 is 0. The maximum absolute atomic E-state index is 13.6. The number of amides is 1. The molecule has 13 heteroatoms. The van der Waals surface area contributed by atoms with Crippen LogP contribution in [-0.2, 0) is 27.3 Å². The number of ether oxygens (including phenoxy) is 2. The van der Waals surface area contributed by atoms with Crippen molar-refractivity contribution in [3.05, 3.63) is 105 Å². The SMILES string of the molecule is COc1ccc(C(CC(=O)NCCc2noc(Cn3ccccc3=O)n2)c2c(O)cc3c(c2O)C(=O)OC(C)CCCC(=O)CCCC=C3)cc1. The van der Waals surface area contributed by atoms with Crippen molar-refractivity contribution < 1.29 is 38.6 Å². The van der Waals surface area contributed by atoms with Crippen LogP contribution in [0.4, 0.5) is 0 Å². The second-order valence-corrected chi connectivity index (χ2v) is 12.5. The summed E-state index contributed by atoms with van der Waals surface area (Å²) in [6, 6.07) is 13.0. The van der Waals surface area contributed by atoms with E-state index >= 15 is 0 Å². The van der Waals surface area contributed by atoms with E-state index < -0.39 is 29.6 Å². The Kier molecular flexibility index (Phi) is 12.4. The molecule has 268 valence electrons. The number of nitrogens with zero attached hydrogens (tertiary/aromatic N) is 3. The number of cyclic esters (lactones) is 1. The molecule has 0 radical (unpaired) electrons. The van der Waals surface area contributed by atoms with Gasteiger partial charge in [-0.3, -0.25) is 14.4 Å². The molecule has 0 saturated carbocycles. The molecule has 4 aromatic rings. The Labute approximate surface area is 294 Å². The first kappa shape index (κ1) is 36.6. The van der Waals surface area contributed by atoms with Crippen LogP contribution in [0.2, 0.25) is 0 Å². The average molecular weight is 699 g/mol. The van der Waals surface area contributed by atoms with E-state index in [-0.39, 0.29) is 65.6 Å². The lowest BCUT2D eigenvalue weighted by atomic mass is 9.84. The Balaban J connectivity index is 1.39. The van der Waals surface area contributed by atoms with Crippen LogP contribution in [0.15, 0.2) is 70.1 Å². The maximum atomic E-state index is 13.6. The molecule has 5 rings (SSSR count). The number of hydrogen-bond donors (Lipinski definition) is 3. The monoisotopic (exact) mass is 698 g/mol. The number of Topliss-reactive ketones (excluding diaryl/α,β-unsaturated/α-hetero) is 1. The quantitative estimate of drug-likeness (QED) is 0.188. The zero-order chi connectivity index (χ0) is 36.3. The van der Waals surface area contributed by atoms with Crippen LogP contribution in [0.5, 0.6) is 17.2 Å². The minimum Gasteiger partial charge on any atom is -0.507 e. The van der Waals surface area contributed by atoms with Gasteiger partial charge in [0.25, 0.3) is 5.56 Å². The number of fused-ring (bicyclic) bond motifs is 1. The van der Waals surface area contributed by atoms with Crippen LogP contribution in [0.1, 0.15) is 96.6 Å². The van der Waals surface area contributed by atoms with Crippen LogP contribution in [0.25, 0.3) is 6.08 Å². The van der Waals surface area contributed by atoms with Crippen LogP contribution in [0, 0.1) is 0 Å². The van der Waals surface area contributed by atoms with Crippen LogP contribution in [-0.4, -0.2) is 62.3 Å². The van der Waals surface area contributed by atoms with E-state index in [1.54, 1.807) is 61.7 Å². The molecule has 3 heterocycles. The standard InChI is InChI=1S/C38H42N4O9/c1-24-9-8-12-27(43)11-5-3-4-10-26-21-30(44)36(37(47)35(26)38(48)50-24)29(25-14-16-28(49-2)17-15-25)22-32(45)39-19-18-31-40-33(51-41-31)23-42-20-7-6-13-34(42)46/h4,6-7,10,13-17,20-21,24,29,44,47H,3,5,8-9,11-12,18-19,22-23H2,1-2H3,(H,39,45). The van der Waals surface area contributed by atoms with E-state index in [2.05, 4.69) is 15.5 Å². The fourth-order valence-electron chi connectivity index (χ4n) is 6.01. The molecule has 1 aliphatic heterocycles. The lowest BCUT2D eigenvalue weighted by Crippen LogP contribution is -2.28. The molecule has 13 nitrogen and oxygen atoms in total. The van der Waals surface area contributed by atoms with Crippen molar-refractivity contribution >= 4 is 23.7 Å². The molecule has 51 heavy (non-hydrogen) atoms. The number of esters is 1. The highest BCUT2D eigenvalue weighted by Crippen LogP contribution is 2.44. The molecule has 0 bridgehead atoms. The van der Waals surface area contributed by atoms with Gasteiger partial charge in [-0.05, 0) is 68.0 Å². The van der Waals surface area contributed by atoms with Gasteiger partial charge in [0.15, 0.2) is 5.82 Å². The van der Waals surface area contributed by atoms with Gasteiger partial charge >= 0.3 is 5.97 Å². The highest BCUT2D eigenvalue weighted by Gasteiger charge is 2.31. The van der Waals surface area contributed by atoms with E-state index in [0.29, 0.717) is 55.7 Å². The summed E-state index contributed by atoms with van der Waals surface area (Å²) in [6.07, 6.45) is 7.64. The van der Waals surface area contributed by atoms with Crippen molar-refractivity contribution in [3.63, 3.8) is 0 Å². The lowest BCUT2D eigenvalue weighted by Gasteiger charge is -2.23. The fraction of sp³-hybridized carbons (Fsp3) is 0.368. The van der Waals surface area contributed by atoms with Gasteiger partial charge in [-0.2, -0.15) is 4.98 Å². The van der Waals surface area contributed by atoms with E-state index in [1.165, 1.54) is 23.8 Å². The predicted octanol–water partition coefficient (Wildman–Crippen LogP) is 5.06. The number of rotatable bonds is 10. The summed E-state index contributed by atoms with van der Waals surface area (Å²) in [4.78, 5) is 55.5. The van der Waals surface area contributed by atoms with Gasteiger partial charge < -0.3 is 34.1 Å². The summed E-state index contributed by atoms with van der Waals surface area (Å²) < 4.78 is 17.7. The second-order valence-electron chi connectivity index (χ2n) is 12.5. The van der Waals surface area contributed by atoms with Gasteiger partial charge in [0.05, 0.1) is 13.2 Å². The zero-order valence-electron chi connectivity index (χ0n) is 28.7. The third-order valence-electron chi connectivity index (χ3n) is 8.69. The summed E-state index contributed by atoms with van der Waals surface area (Å²) in [7, 11) is 1.53. The van der Waals surface area contributed by atoms with E-state index in [9.17, 15) is 29.4 Å². The minimum atomic E-state index is -0.879. The number of aromatic nitrogens is 3. The summed E-state index contributed by atoms with van der Waals surface area (Å²) in [5.74, 6) is -1.53. The average Bonchev–Trinajstić information content (AvgIpc) is 3.55. The van der Waals surface area contributed by atoms with Crippen molar-refractivity contribution in [3.8, 4) is 17.2 Å². The molecular weight excluding hydrogens is 656 g/mol. The molecule has 2 unspecified atom stereocenters. The van der Waals surface area contributed by atoms with E-state index in [1.807, 2.05) is 0 Å². The number of ketones is 1. The molecule has 2 aromatic carbocycles. The first-order valence-electron chi connectivity index (χ1n) is 17.0. The first-order chi connectivity index (χ1) is 24.6. The third kappa shape index (κ3) is 9.71. The van der Waals surface area contributed by atoms with Crippen molar-refractivity contribution in [2.45, 2.75) is 76.9 Å². The smallest absolute Gasteiger partial charge is 0.342 e. The number of allylic oxidation sites excluding steroid dienone is 1. The van der Waals surface area contributed by atoms with E-state index in [4.69, 9.17) is 14.0 Å². The summed E-state index contributed by atoms with van der Waals surface area (Å²) in [5.41, 5.74) is 0.505. The van der Waals surface area contributed by atoms with Crippen molar-refractivity contribution in [2.75, 3.05) is 13.7 Å². The van der Waals surface area contributed by atoms with E-state index in [0.717, 1.165) is 0 Å². The Morgan fingerprint density at radius 1 is 1.10 bits per heavy atom. The van der Waals surface area contributed by atoms with Crippen molar-refractivity contribution in [1.29, 1.82) is 0 Å². The molecule has 3 N–H and O–H groups in total. The molecular formula is C38H42N4O9. The molecule has 1 amide bonds. The topological polar surface area (TPSA) is 183 Å². The fourth-order valence-corrected chi connectivity index (χ4v) is 6.01. The van der Waals surface area contributed by atoms with Crippen LogP contribution in [0.3, 0.4) is 0 Å². The minimum absolute atomic E-state index is 0.00209. The maximum Gasteiger partial charge on any atom is 0.342 e. The number of pyridine rings is 1. The predicted molar refractivity (Wildman–Crippen MR) is 187 cm³/mol. The van der Waals surface area contributed by atoms with Crippen LogP contribution >= 0.6 is 0 Å². The molecule has 0 fully saturated rings. The van der Waals surface area contributed by atoms with Gasteiger partial charge in [-0.25, -0.2) is 4.79 Å². The zero-order valence-corrected chi connectivity index (χ0v) is 28.7. The Morgan fingerprint density at radius 3 is 2.65 bits per heavy atom. The lowest BCUT2D eigenvalue weighted by molar-refractivity contribution is -0.121. The Morgan fingerprint density at radius 2 is 1.88 bits per heavy atom. The molecule has 1 aliphatic rings. The van der Waals surface area contributed by atoms with Gasteiger partial charge in [-0.15, -0.1) is 0 Å². The normalized spacial score (nSPS) is 16.1. The largest absolute Gasteiger partial charge is 0.507 e. The number of carbonyl (C=O) groups is 3. The summed E-state index contributed by atoms with van der Waals surface area (Å²) in [6.45, 7) is 1.99.